The van der Waals surface area contributed by atoms with Crippen LogP contribution in [0.15, 0.2) is 78.9 Å². The number of carbonyl (C=O) groups is 1. The van der Waals surface area contributed by atoms with E-state index in [1.165, 1.54) is 17.5 Å². The van der Waals surface area contributed by atoms with E-state index in [1.54, 1.807) is 7.11 Å². The van der Waals surface area contributed by atoms with Gasteiger partial charge in [-0.25, -0.2) is 4.79 Å². The van der Waals surface area contributed by atoms with Gasteiger partial charge in [-0.3, -0.25) is 0 Å². The summed E-state index contributed by atoms with van der Waals surface area (Å²) in [5.41, 5.74) is 4.69. The normalized spacial score (nSPS) is 17.2. The van der Waals surface area contributed by atoms with Crippen LogP contribution in [-0.4, -0.2) is 19.2 Å². The van der Waals surface area contributed by atoms with E-state index in [9.17, 15) is 4.79 Å². The number of allylic oxidation sites excluding steroid dienone is 1. The standard InChI is InChI=1S/C30H30O3/c1-32-28-18-17-26(29(31)33-24-15-9-4-10-16-24)25-19-20-30(21-27(25)28,22-11-5-2-6-12-22)23-13-7-3-8-14-23/h2-3,5-8,11-14,17-20,24H,4,9-10,15-16,21H2,1H3. The van der Waals surface area contributed by atoms with Crippen LogP contribution >= 0.6 is 0 Å². The zero-order chi connectivity index (χ0) is 22.7. The molecule has 1 fully saturated rings. The Morgan fingerprint density at radius 1 is 0.848 bits per heavy atom. The second kappa shape index (κ2) is 9.27. The Hall–Kier alpha value is -3.33. The molecule has 3 aromatic rings. The highest BCUT2D eigenvalue weighted by Crippen LogP contribution is 2.45. The van der Waals surface area contributed by atoms with E-state index in [1.807, 2.05) is 24.3 Å². The molecule has 0 N–H and O–H groups in total. The lowest BCUT2D eigenvalue weighted by Gasteiger charge is -2.36. The zero-order valence-corrected chi connectivity index (χ0v) is 19.1. The summed E-state index contributed by atoms with van der Waals surface area (Å²) in [4.78, 5) is 13.2. The van der Waals surface area contributed by atoms with Crippen molar-refractivity contribution in [2.45, 2.75) is 50.0 Å². The maximum absolute atomic E-state index is 13.2. The topological polar surface area (TPSA) is 35.5 Å². The smallest absolute Gasteiger partial charge is 0.339 e. The predicted octanol–water partition coefficient (Wildman–Crippen LogP) is 6.74. The molecular formula is C30H30O3. The molecule has 0 unspecified atom stereocenters. The highest BCUT2D eigenvalue weighted by molar-refractivity contribution is 5.95. The van der Waals surface area contributed by atoms with Crippen LogP contribution in [0.25, 0.3) is 6.08 Å². The van der Waals surface area contributed by atoms with Crippen LogP contribution in [0.5, 0.6) is 5.75 Å². The minimum absolute atomic E-state index is 0.0318. The van der Waals surface area contributed by atoms with Crippen molar-refractivity contribution in [2.75, 3.05) is 7.11 Å². The first-order valence-electron chi connectivity index (χ1n) is 11.9. The van der Waals surface area contributed by atoms with E-state index in [-0.39, 0.29) is 17.5 Å². The van der Waals surface area contributed by atoms with Crippen LogP contribution in [0.3, 0.4) is 0 Å². The first-order valence-corrected chi connectivity index (χ1v) is 11.9. The number of carbonyl (C=O) groups excluding carboxylic acids is 1. The Labute approximate surface area is 196 Å². The molecule has 0 radical (unpaired) electrons. The summed E-state index contributed by atoms with van der Waals surface area (Å²) >= 11 is 0. The lowest BCUT2D eigenvalue weighted by atomic mass is 9.67. The fraction of sp³-hybridized carbons (Fsp3) is 0.300. The molecule has 0 amide bonds. The molecule has 5 rings (SSSR count). The number of ether oxygens (including phenoxy) is 2. The largest absolute Gasteiger partial charge is 0.496 e. The summed E-state index contributed by atoms with van der Waals surface area (Å²) in [5.74, 6) is 0.581. The zero-order valence-electron chi connectivity index (χ0n) is 19.1. The van der Waals surface area contributed by atoms with Gasteiger partial charge in [0.25, 0.3) is 0 Å². The monoisotopic (exact) mass is 438 g/mol. The van der Waals surface area contributed by atoms with E-state index < -0.39 is 0 Å². The van der Waals surface area contributed by atoms with Gasteiger partial charge in [0, 0.05) is 11.0 Å². The average Bonchev–Trinajstić information content (AvgIpc) is 2.89. The highest BCUT2D eigenvalue weighted by Gasteiger charge is 2.37. The average molecular weight is 439 g/mol. The maximum atomic E-state index is 13.2. The lowest BCUT2D eigenvalue weighted by Crippen LogP contribution is -2.31. The molecule has 33 heavy (non-hydrogen) atoms. The molecule has 0 bridgehead atoms. The first-order chi connectivity index (χ1) is 16.2. The highest BCUT2D eigenvalue weighted by atomic mass is 16.5. The summed E-state index contributed by atoms with van der Waals surface area (Å²) in [6.07, 6.45) is 10.5. The van der Waals surface area contributed by atoms with E-state index in [0.717, 1.165) is 42.6 Å². The maximum Gasteiger partial charge on any atom is 0.339 e. The number of esters is 1. The van der Waals surface area contributed by atoms with Crippen molar-refractivity contribution in [3.05, 3.63) is 107 Å². The summed E-state index contributed by atoms with van der Waals surface area (Å²) in [6, 6.07) is 24.9. The van der Waals surface area contributed by atoms with Crippen molar-refractivity contribution >= 4 is 12.0 Å². The van der Waals surface area contributed by atoms with Gasteiger partial charge in [-0.2, -0.15) is 0 Å². The van der Waals surface area contributed by atoms with Gasteiger partial charge in [-0.1, -0.05) is 79.2 Å². The molecule has 0 spiro atoms. The molecule has 0 aromatic heterocycles. The van der Waals surface area contributed by atoms with Crippen molar-refractivity contribution in [1.29, 1.82) is 0 Å². The number of fused-ring (bicyclic) bond motifs is 1. The Bertz CT molecular complexity index is 1100. The van der Waals surface area contributed by atoms with Crippen LogP contribution in [0.4, 0.5) is 0 Å². The lowest BCUT2D eigenvalue weighted by molar-refractivity contribution is 0.0210. The Kier molecular flexibility index (Phi) is 6.04. The van der Waals surface area contributed by atoms with Crippen molar-refractivity contribution in [2.24, 2.45) is 0 Å². The minimum atomic E-state index is -0.339. The van der Waals surface area contributed by atoms with Gasteiger partial charge in [0.05, 0.1) is 12.7 Å². The molecule has 3 heteroatoms. The number of hydrogen-bond acceptors (Lipinski definition) is 3. The summed E-state index contributed by atoms with van der Waals surface area (Å²) < 4.78 is 11.7. The number of benzene rings is 3. The van der Waals surface area contributed by atoms with Crippen molar-refractivity contribution in [1.82, 2.24) is 0 Å². The molecule has 0 saturated heterocycles. The predicted molar refractivity (Wildman–Crippen MR) is 132 cm³/mol. The first kappa shape index (κ1) is 21.5. The van der Waals surface area contributed by atoms with Gasteiger partial charge in [-0.05, 0) is 60.9 Å². The third-order valence-corrected chi connectivity index (χ3v) is 7.15. The van der Waals surface area contributed by atoms with Crippen LogP contribution in [0, 0.1) is 0 Å². The van der Waals surface area contributed by atoms with Crippen molar-refractivity contribution in [3.8, 4) is 5.75 Å². The van der Waals surface area contributed by atoms with Gasteiger partial charge < -0.3 is 9.47 Å². The Balaban J connectivity index is 1.58. The van der Waals surface area contributed by atoms with Crippen LogP contribution in [0.1, 0.15) is 64.7 Å². The molecule has 3 aromatic carbocycles. The molecule has 0 atom stereocenters. The van der Waals surface area contributed by atoms with Crippen molar-refractivity contribution in [3.63, 3.8) is 0 Å². The van der Waals surface area contributed by atoms with E-state index >= 15 is 0 Å². The van der Waals surface area contributed by atoms with Crippen LogP contribution < -0.4 is 4.74 Å². The van der Waals surface area contributed by atoms with Gasteiger partial charge >= 0.3 is 5.97 Å². The number of methoxy groups -OCH3 is 1. The molecule has 2 aliphatic rings. The third kappa shape index (κ3) is 4.08. The van der Waals surface area contributed by atoms with Gasteiger partial charge in [0.2, 0.25) is 0 Å². The molecule has 0 heterocycles. The van der Waals surface area contributed by atoms with E-state index in [2.05, 4.69) is 60.7 Å². The minimum Gasteiger partial charge on any atom is -0.496 e. The van der Waals surface area contributed by atoms with Gasteiger partial charge in [0.15, 0.2) is 0 Å². The summed E-state index contributed by atoms with van der Waals surface area (Å²) in [5, 5.41) is 0. The molecule has 1 saturated carbocycles. The Morgan fingerprint density at radius 2 is 1.48 bits per heavy atom. The number of hydrogen-bond donors (Lipinski definition) is 0. The van der Waals surface area contributed by atoms with Crippen LogP contribution in [-0.2, 0) is 16.6 Å². The van der Waals surface area contributed by atoms with Gasteiger partial charge in [0.1, 0.15) is 11.9 Å². The Morgan fingerprint density at radius 3 is 2.09 bits per heavy atom. The quantitative estimate of drug-likeness (QED) is 0.414. The van der Waals surface area contributed by atoms with Crippen molar-refractivity contribution < 1.29 is 14.3 Å². The summed E-state index contributed by atoms with van der Waals surface area (Å²) in [6.45, 7) is 0. The fourth-order valence-electron chi connectivity index (χ4n) is 5.38. The second-order valence-electron chi connectivity index (χ2n) is 9.09. The van der Waals surface area contributed by atoms with Crippen LogP contribution in [0.2, 0.25) is 0 Å². The SMILES string of the molecule is COc1ccc(C(=O)OC2CCCCC2)c2c1CC(c1ccccc1)(c1ccccc1)C=C2. The molecule has 168 valence electrons. The second-order valence-corrected chi connectivity index (χ2v) is 9.09. The fourth-order valence-corrected chi connectivity index (χ4v) is 5.38. The van der Waals surface area contributed by atoms with E-state index in [0.29, 0.717) is 12.0 Å². The number of rotatable bonds is 5. The molecule has 0 aliphatic heterocycles. The molecular weight excluding hydrogens is 408 g/mol. The summed E-state index contributed by atoms with van der Waals surface area (Å²) in [7, 11) is 1.70. The molecule has 2 aliphatic carbocycles. The van der Waals surface area contributed by atoms with Gasteiger partial charge in [-0.15, -0.1) is 0 Å². The third-order valence-electron chi connectivity index (χ3n) is 7.15. The molecule has 3 nitrogen and oxygen atoms in total. The van der Waals surface area contributed by atoms with E-state index in [4.69, 9.17) is 9.47 Å².